The second-order valence-electron chi connectivity index (χ2n) is 7.20. The molecule has 1 atom stereocenters. The van der Waals surface area contributed by atoms with Crippen molar-refractivity contribution < 1.29 is 32.6 Å². The van der Waals surface area contributed by atoms with Crippen LogP contribution in [-0.2, 0) is 11.0 Å². The van der Waals surface area contributed by atoms with Crippen molar-refractivity contribution in [3.8, 4) is 11.4 Å². The topological polar surface area (TPSA) is 93.5 Å². The monoisotopic (exact) mass is 461 g/mol. The first kappa shape index (κ1) is 23.8. The second-order valence-corrected chi connectivity index (χ2v) is 7.20. The maximum absolute atomic E-state index is 12.8. The summed E-state index contributed by atoms with van der Waals surface area (Å²) < 4.78 is 45.4. The van der Waals surface area contributed by atoms with E-state index >= 15 is 0 Å². The number of ether oxygens (including phenoxy) is 1. The van der Waals surface area contributed by atoms with Crippen molar-refractivity contribution in [3.05, 3.63) is 77.6 Å². The van der Waals surface area contributed by atoms with E-state index in [0.29, 0.717) is 23.4 Å². The summed E-state index contributed by atoms with van der Waals surface area (Å²) in [5, 5.41) is 14.9. The molecule has 10 heteroatoms. The Morgan fingerprint density at radius 1 is 1.12 bits per heavy atom. The Labute approximate surface area is 187 Å². The Hall–Kier alpha value is -3.82. The van der Waals surface area contributed by atoms with Crippen molar-refractivity contribution in [1.29, 1.82) is 0 Å². The molecule has 0 spiro atoms. The zero-order chi connectivity index (χ0) is 24.0. The van der Waals surface area contributed by atoms with Gasteiger partial charge in [0.05, 0.1) is 23.9 Å². The van der Waals surface area contributed by atoms with Gasteiger partial charge in [0.15, 0.2) is 0 Å². The molecule has 2 aromatic carbocycles. The highest BCUT2D eigenvalue weighted by atomic mass is 19.4. The normalized spacial score (nSPS) is 12.2. The van der Waals surface area contributed by atoms with Crippen LogP contribution in [0.25, 0.3) is 5.69 Å². The second kappa shape index (κ2) is 10.2. The zero-order valence-corrected chi connectivity index (χ0v) is 17.7. The van der Waals surface area contributed by atoms with Gasteiger partial charge < -0.3 is 15.2 Å². The molecule has 0 radical (unpaired) electrons. The van der Waals surface area contributed by atoms with Crippen LogP contribution >= 0.6 is 0 Å². The van der Waals surface area contributed by atoms with Gasteiger partial charge in [-0.25, -0.2) is 4.68 Å². The Kier molecular flexibility index (Phi) is 7.37. The molecule has 1 heterocycles. The minimum Gasteiger partial charge on any atom is -0.486 e. The van der Waals surface area contributed by atoms with Crippen LogP contribution < -0.4 is 10.1 Å². The summed E-state index contributed by atoms with van der Waals surface area (Å²) in [6, 6.07) is 13.3. The van der Waals surface area contributed by atoms with Crippen molar-refractivity contribution in [3.63, 3.8) is 0 Å². The maximum Gasteiger partial charge on any atom is 0.419 e. The number of aromatic nitrogens is 2. The van der Waals surface area contributed by atoms with E-state index in [4.69, 9.17) is 9.84 Å². The number of nitrogens with zero attached hydrogens (tertiary/aromatic N) is 2. The van der Waals surface area contributed by atoms with Gasteiger partial charge in [0.25, 0.3) is 5.91 Å². The van der Waals surface area contributed by atoms with E-state index in [9.17, 15) is 22.8 Å². The average molecular weight is 461 g/mol. The lowest BCUT2D eigenvalue weighted by Crippen LogP contribution is -2.26. The Morgan fingerprint density at radius 2 is 1.79 bits per heavy atom. The van der Waals surface area contributed by atoms with Crippen LogP contribution in [0.5, 0.6) is 5.75 Å². The molecule has 3 aromatic rings. The Bertz CT molecular complexity index is 1090. The molecule has 7 nitrogen and oxygen atoms in total. The number of hydrogen-bond donors (Lipinski definition) is 2. The van der Waals surface area contributed by atoms with Gasteiger partial charge in [-0.1, -0.05) is 19.1 Å². The molecule has 0 aliphatic carbocycles. The van der Waals surface area contributed by atoms with Gasteiger partial charge in [-0.05, 0) is 48.4 Å². The lowest BCUT2D eigenvalue weighted by atomic mass is 10.0. The van der Waals surface area contributed by atoms with E-state index in [1.54, 1.807) is 48.5 Å². The number of carboxylic acids is 1. The third-order valence-electron chi connectivity index (χ3n) is 4.83. The number of rotatable bonds is 9. The largest absolute Gasteiger partial charge is 0.486 e. The molecule has 0 bridgehead atoms. The average Bonchev–Trinajstić information content (AvgIpc) is 3.29. The number of carboxylic acid groups (broad SMARTS) is 1. The fourth-order valence-electron chi connectivity index (χ4n) is 3.07. The first-order chi connectivity index (χ1) is 15.7. The number of aliphatic carboxylic acids is 1. The van der Waals surface area contributed by atoms with E-state index in [2.05, 4.69) is 10.4 Å². The molecule has 0 aliphatic rings. The summed E-state index contributed by atoms with van der Waals surface area (Å²) in [7, 11) is 0. The molecule has 0 aliphatic heterocycles. The Morgan fingerprint density at radius 3 is 2.33 bits per heavy atom. The lowest BCUT2D eigenvalue weighted by Gasteiger charge is -2.18. The summed E-state index contributed by atoms with van der Waals surface area (Å²) in [5.74, 6) is -0.818. The fourth-order valence-corrected chi connectivity index (χ4v) is 3.07. The number of benzene rings is 2. The van der Waals surface area contributed by atoms with Crippen LogP contribution in [0.3, 0.4) is 0 Å². The number of alkyl halides is 3. The number of halogens is 3. The van der Waals surface area contributed by atoms with Crippen LogP contribution in [0.1, 0.15) is 47.4 Å². The summed E-state index contributed by atoms with van der Waals surface area (Å²) in [5.41, 5.74) is 0.878. The van der Waals surface area contributed by atoms with Crippen LogP contribution in [0.15, 0.2) is 60.9 Å². The van der Waals surface area contributed by atoms with Gasteiger partial charge in [-0.3, -0.25) is 9.59 Å². The van der Waals surface area contributed by atoms with Gasteiger partial charge in [-0.2, -0.15) is 18.3 Å². The Balaban J connectivity index is 1.64. The van der Waals surface area contributed by atoms with E-state index in [-0.39, 0.29) is 25.0 Å². The van der Waals surface area contributed by atoms with Crippen molar-refractivity contribution in [1.82, 2.24) is 15.1 Å². The summed E-state index contributed by atoms with van der Waals surface area (Å²) in [4.78, 5) is 22.6. The molecule has 33 heavy (non-hydrogen) atoms. The van der Waals surface area contributed by atoms with E-state index < -0.39 is 17.7 Å². The van der Waals surface area contributed by atoms with Crippen molar-refractivity contribution in [2.75, 3.05) is 6.54 Å². The number of carbonyl (C=O) groups excluding carboxylic acids is 1. The number of nitrogens with one attached hydrogen (secondary N) is 1. The van der Waals surface area contributed by atoms with Gasteiger partial charge in [0.1, 0.15) is 11.9 Å². The molecule has 174 valence electrons. The van der Waals surface area contributed by atoms with E-state index in [1.165, 1.54) is 0 Å². The van der Waals surface area contributed by atoms with Crippen molar-refractivity contribution in [2.45, 2.75) is 32.0 Å². The van der Waals surface area contributed by atoms with Crippen molar-refractivity contribution in [2.24, 2.45) is 0 Å². The predicted octanol–water partition coefficient (Wildman–Crippen LogP) is 4.63. The van der Waals surface area contributed by atoms with Gasteiger partial charge >= 0.3 is 12.1 Å². The van der Waals surface area contributed by atoms with Crippen LogP contribution in [0.4, 0.5) is 13.2 Å². The zero-order valence-electron chi connectivity index (χ0n) is 17.7. The minimum absolute atomic E-state index is 0.0443. The number of hydrogen-bond acceptors (Lipinski definition) is 4. The van der Waals surface area contributed by atoms with E-state index in [0.717, 1.165) is 22.6 Å². The summed E-state index contributed by atoms with van der Waals surface area (Å²) in [6.07, 6.45) is -2.58. The lowest BCUT2D eigenvalue weighted by molar-refractivity contribution is -0.138. The molecule has 0 saturated carbocycles. The molecular weight excluding hydrogens is 439 g/mol. The van der Waals surface area contributed by atoms with Gasteiger partial charge in [-0.15, -0.1) is 0 Å². The molecule has 1 unspecified atom stereocenters. The highest BCUT2D eigenvalue weighted by Crippen LogP contribution is 2.30. The predicted molar refractivity (Wildman–Crippen MR) is 113 cm³/mol. The van der Waals surface area contributed by atoms with E-state index in [1.807, 2.05) is 6.92 Å². The van der Waals surface area contributed by atoms with Gasteiger partial charge in [0, 0.05) is 18.3 Å². The first-order valence-corrected chi connectivity index (χ1v) is 10.2. The van der Waals surface area contributed by atoms with Crippen LogP contribution in [-0.4, -0.2) is 33.3 Å². The first-order valence-electron chi connectivity index (χ1n) is 10.2. The summed E-state index contributed by atoms with van der Waals surface area (Å²) in [6.45, 7) is 1.98. The number of carbonyl (C=O) groups is 2. The smallest absolute Gasteiger partial charge is 0.419 e. The molecule has 1 amide bonds. The third kappa shape index (κ3) is 6.34. The molecule has 0 saturated heterocycles. The highest BCUT2D eigenvalue weighted by Gasteiger charge is 2.32. The fraction of sp³-hybridized carbons (Fsp3) is 0.261. The van der Waals surface area contributed by atoms with Crippen LogP contribution in [0.2, 0.25) is 0 Å². The standard InChI is InChI=1S/C23H22F3N3O4/c1-2-20(15-3-5-16(6-4-15)22(32)27-12-11-21(30)31)33-19-9-7-18(8-10-19)29-14-17(13-28-29)23(24,25)26/h3-10,13-14,20H,2,11-12H2,1H3,(H,27,32)(H,30,31). The summed E-state index contributed by atoms with van der Waals surface area (Å²) >= 11 is 0. The van der Waals surface area contributed by atoms with Crippen molar-refractivity contribution >= 4 is 11.9 Å². The molecule has 0 fully saturated rings. The third-order valence-corrected chi connectivity index (χ3v) is 4.83. The molecule has 1 aromatic heterocycles. The number of amides is 1. The van der Waals surface area contributed by atoms with Gasteiger partial charge in [0.2, 0.25) is 0 Å². The molecular formula is C23H22F3N3O4. The highest BCUT2D eigenvalue weighted by molar-refractivity contribution is 5.94. The maximum atomic E-state index is 12.8. The minimum atomic E-state index is -4.45. The molecule has 2 N–H and O–H groups in total. The molecule has 3 rings (SSSR count). The SMILES string of the molecule is CCC(Oc1ccc(-n2cc(C(F)(F)F)cn2)cc1)c1ccc(C(=O)NCCC(=O)O)cc1. The van der Waals surface area contributed by atoms with Crippen LogP contribution in [0, 0.1) is 0 Å². The quantitative estimate of drug-likeness (QED) is 0.485.